The molecular formula is C20H33N5O. The summed E-state index contributed by atoms with van der Waals surface area (Å²) in [6.07, 6.45) is 11.8. The number of amides is 1. The Kier molecular flexibility index (Phi) is 5.60. The van der Waals surface area contributed by atoms with Crippen LogP contribution >= 0.6 is 0 Å². The van der Waals surface area contributed by atoms with Crippen LogP contribution in [-0.4, -0.2) is 70.3 Å². The van der Waals surface area contributed by atoms with Gasteiger partial charge < -0.3 is 15.1 Å². The number of nitrogens with one attached hydrogen (secondary N) is 1. The molecule has 1 aromatic heterocycles. The minimum atomic E-state index is 0.367. The van der Waals surface area contributed by atoms with Gasteiger partial charge in [0.05, 0.1) is 6.54 Å². The first kappa shape index (κ1) is 18.0. The summed E-state index contributed by atoms with van der Waals surface area (Å²) in [6.45, 7) is 4.16. The standard InChI is InChI=1S/C20H33N5O/c1-23(20(26)15-16-13-17-3-4-18(14-16)22-17)19-5-9-24(10-6-19)11-12-25-8-2-7-21-25/h2,7-8,16-19,22H,3-6,9-15H2,1H3. The van der Waals surface area contributed by atoms with Crippen LogP contribution in [0.3, 0.4) is 0 Å². The second kappa shape index (κ2) is 8.09. The number of hydrogen-bond acceptors (Lipinski definition) is 4. The maximum Gasteiger partial charge on any atom is 0.222 e. The molecule has 0 radical (unpaired) electrons. The zero-order valence-corrected chi connectivity index (χ0v) is 16.0. The summed E-state index contributed by atoms with van der Waals surface area (Å²) in [4.78, 5) is 17.4. The number of nitrogens with zero attached hydrogens (tertiary/aromatic N) is 4. The molecule has 2 atom stereocenters. The molecule has 3 saturated heterocycles. The zero-order chi connectivity index (χ0) is 17.9. The summed E-state index contributed by atoms with van der Waals surface area (Å²) in [6, 6.07) is 3.74. The van der Waals surface area contributed by atoms with Gasteiger partial charge in [-0.25, -0.2) is 0 Å². The van der Waals surface area contributed by atoms with Crippen LogP contribution < -0.4 is 5.32 Å². The van der Waals surface area contributed by atoms with Gasteiger partial charge >= 0.3 is 0 Å². The van der Waals surface area contributed by atoms with Crippen LogP contribution in [0.2, 0.25) is 0 Å². The molecule has 0 spiro atoms. The fraction of sp³-hybridized carbons (Fsp3) is 0.800. The molecule has 6 heteroatoms. The summed E-state index contributed by atoms with van der Waals surface area (Å²) in [7, 11) is 2.03. The van der Waals surface area contributed by atoms with Crippen molar-refractivity contribution in [2.24, 2.45) is 5.92 Å². The van der Waals surface area contributed by atoms with Gasteiger partial charge in [0.25, 0.3) is 0 Å². The molecule has 1 N–H and O–H groups in total. The van der Waals surface area contributed by atoms with Gasteiger partial charge in [-0.05, 0) is 50.5 Å². The number of hydrogen-bond donors (Lipinski definition) is 1. The molecule has 2 bridgehead atoms. The molecule has 0 aliphatic carbocycles. The molecule has 1 amide bonds. The molecule has 3 aliphatic heterocycles. The highest BCUT2D eigenvalue weighted by Crippen LogP contribution is 2.33. The van der Waals surface area contributed by atoms with Crippen molar-refractivity contribution in [2.75, 3.05) is 26.7 Å². The Morgan fingerprint density at radius 3 is 2.54 bits per heavy atom. The van der Waals surface area contributed by atoms with Gasteiger partial charge in [-0.3, -0.25) is 9.48 Å². The number of piperidine rings is 2. The quantitative estimate of drug-likeness (QED) is 0.840. The topological polar surface area (TPSA) is 53.4 Å². The van der Waals surface area contributed by atoms with E-state index in [0.717, 1.165) is 45.4 Å². The Hall–Kier alpha value is -1.40. The van der Waals surface area contributed by atoms with E-state index >= 15 is 0 Å². The first-order valence-corrected chi connectivity index (χ1v) is 10.4. The molecule has 4 heterocycles. The Labute approximate surface area is 156 Å². The third-order valence-electron chi connectivity index (χ3n) is 6.74. The summed E-state index contributed by atoms with van der Waals surface area (Å²) >= 11 is 0. The molecule has 4 rings (SSSR count). The van der Waals surface area contributed by atoms with Crippen molar-refractivity contribution in [3.63, 3.8) is 0 Å². The van der Waals surface area contributed by atoms with Gasteiger partial charge in [-0.2, -0.15) is 5.10 Å². The predicted molar refractivity (Wildman–Crippen MR) is 102 cm³/mol. The average molecular weight is 360 g/mol. The average Bonchev–Trinajstić information content (AvgIpc) is 3.29. The lowest BCUT2D eigenvalue weighted by molar-refractivity contribution is -0.134. The van der Waals surface area contributed by atoms with E-state index in [-0.39, 0.29) is 0 Å². The fourth-order valence-corrected chi connectivity index (χ4v) is 5.14. The number of likely N-dealkylation sites (tertiary alicyclic amines) is 1. The number of carbonyl (C=O) groups excluding carboxylic acids is 1. The Balaban J connectivity index is 1.19. The number of fused-ring (bicyclic) bond motifs is 2. The highest BCUT2D eigenvalue weighted by Gasteiger charge is 2.35. The monoisotopic (exact) mass is 359 g/mol. The lowest BCUT2D eigenvalue weighted by atomic mass is 9.89. The molecule has 2 unspecified atom stereocenters. The van der Waals surface area contributed by atoms with Crippen LogP contribution in [0.5, 0.6) is 0 Å². The van der Waals surface area contributed by atoms with Crippen molar-refractivity contribution in [1.82, 2.24) is 24.9 Å². The van der Waals surface area contributed by atoms with Gasteiger partial charge in [0.1, 0.15) is 0 Å². The van der Waals surface area contributed by atoms with E-state index in [1.165, 1.54) is 25.7 Å². The molecule has 1 aromatic rings. The molecule has 0 aromatic carbocycles. The van der Waals surface area contributed by atoms with Crippen molar-refractivity contribution in [2.45, 2.75) is 69.6 Å². The van der Waals surface area contributed by atoms with E-state index in [0.29, 0.717) is 30.0 Å². The highest BCUT2D eigenvalue weighted by molar-refractivity contribution is 5.76. The van der Waals surface area contributed by atoms with Gasteiger partial charge in [-0.1, -0.05) is 0 Å². The van der Waals surface area contributed by atoms with Crippen LogP contribution in [0.15, 0.2) is 18.5 Å². The van der Waals surface area contributed by atoms with E-state index in [2.05, 4.69) is 20.2 Å². The van der Waals surface area contributed by atoms with Crippen molar-refractivity contribution in [3.05, 3.63) is 18.5 Å². The van der Waals surface area contributed by atoms with Crippen LogP contribution in [0, 0.1) is 5.92 Å². The van der Waals surface area contributed by atoms with Gasteiger partial charge in [-0.15, -0.1) is 0 Å². The highest BCUT2D eigenvalue weighted by atomic mass is 16.2. The normalized spacial score (nSPS) is 29.8. The van der Waals surface area contributed by atoms with E-state index in [9.17, 15) is 4.79 Å². The fourth-order valence-electron chi connectivity index (χ4n) is 5.14. The lowest BCUT2D eigenvalue weighted by Gasteiger charge is -2.37. The summed E-state index contributed by atoms with van der Waals surface area (Å²) in [5, 5.41) is 7.95. The molecule has 26 heavy (non-hydrogen) atoms. The van der Waals surface area contributed by atoms with E-state index < -0.39 is 0 Å². The Morgan fingerprint density at radius 2 is 1.88 bits per heavy atom. The molecule has 144 valence electrons. The summed E-state index contributed by atoms with van der Waals surface area (Å²) in [5.74, 6) is 0.962. The van der Waals surface area contributed by atoms with E-state index in [4.69, 9.17) is 0 Å². The third kappa shape index (κ3) is 4.29. The predicted octanol–water partition coefficient (Wildman–Crippen LogP) is 1.73. The largest absolute Gasteiger partial charge is 0.343 e. The van der Waals surface area contributed by atoms with Crippen molar-refractivity contribution < 1.29 is 4.79 Å². The van der Waals surface area contributed by atoms with Crippen LogP contribution in [-0.2, 0) is 11.3 Å². The van der Waals surface area contributed by atoms with E-state index in [1.54, 1.807) is 0 Å². The minimum Gasteiger partial charge on any atom is -0.343 e. The lowest BCUT2D eigenvalue weighted by Crippen LogP contribution is -2.47. The first-order valence-electron chi connectivity index (χ1n) is 10.4. The van der Waals surface area contributed by atoms with Gasteiger partial charge in [0.15, 0.2) is 0 Å². The van der Waals surface area contributed by atoms with Gasteiger partial charge in [0.2, 0.25) is 5.91 Å². The van der Waals surface area contributed by atoms with E-state index in [1.807, 2.05) is 30.2 Å². The molecule has 6 nitrogen and oxygen atoms in total. The second-order valence-electron chi connectivity index (χ2n) is 8.53. The van der Waals surface area contributed by atoms with Crippen molar-refractivity contribution in [1.29, 1.82) is 0 Å². The molecule has 3 aliphatic rings. The molecule has 0 saturated carbocycles. The molecular weight excluding hydrogens is 326 g/mol. The van der Waals surface area contributed by atoms with Crippen molar-refractivity contribution in [3.8, 4) is 0 Å². The first-order chi connectivity index (χ1) is 12.7. The third-order valence-corrected chi connectivity index (χ3v) is 6.74. The van der Waals surface area contributed by atoms with Crippen LogP contribution in [0.25, 0.3) is 0 Å². The molecule has 3 fully saturated rings. The summed E-state index contributed by atoms with van der Waals surface area (Å²) < 4.78 is 1.99. The zero-order valence-electron chi connectivity index (χ0n) is 16.0. The van der Waals surface area contributed by atoms with Crippen LogP contribution in [0.1, 0.15) is 44.9 Å². The van der Waals surface area contributed by atoms with Crippen LogP contribution in [0.4, 0.5) is 0 Å². The summed E-state index contributed by atoms with van der Waals surface area (Å²) in [5.41, 5.74) is 0. The number of carbonyl (C=O) groups is 1. The number of aromatic nitrogens is 2. The Morgan fingerprint density at radius 1 is 1.15 bits per heavy atom. The second-order valence-corrected chi connectivity index (χ2v) is 8.53. The SMILES string of the molecule is CN(C(=O)CC1CC2CCC(C1)N2)C1CCN(CCn2cccn2)CC1. The maximum atomic E-state index is 12.8. The minimum absolute atomic E-state index is 0.367. The maximum absolute atomic E-state index is 12.8. The number of rotatable bonds is 6. The van der Waals surface area contributed by atoms with Crippen molar-refractivity contribution >= 4 is 5.91 Å². The van der Waals surface area contributed by atoms with Gasteiger partial charge in [0, 0.05) is 63.6 Å². The Bertz CT molecular complexity index is 569. The smallest absolute Gasteiger partial charge is 0.222 e.